The molecule has 0 aromatic rings. The number of allylic oxidation sites excluding steroid dienone is 4. The van der Waals surface area contributed by atoms with Crippen molar-refractivity contribution in [3.63, 3.8) is 0 Å². The lowest BCUT2D eigenvalue weighted by atomic mass is 10.0. The molecule has 0 nitrogen and oxygen atoms in total. The Morgan fingerprint density at radius 2 is 2.56 bits per heavy atom. The van der Waals surface area contributed by atoms with E-state index >= 15 is 0 Å². The standard InChI is InChI=1S/C7H8FI/c8-7-3-1-2-6(4-7)5-9/h1-3,6H,4-5H2. The SMILES string of the molecule is FC1=CC=CC(CI)C1. The second-order valence-corrected chi connectivity index (χ2v) is 3.00. The molecule has 1 rings (SSSR count). The fourth-order valence-electron chi connectivity index (χ4n) is 0.810. The number of rotatable bonds is 1. The molecule has 0 spiro atoms. The average molecular weight is 238 g/mol. The lowest BCUT2D eigenvalue weighted by Gasteiger charge is -2.09. The van der Waals surface area contributed by atoms with E-state index in [1.54, 1.807) is 6.08 Å². The first-order chi connectivity index (χ1) is 4.33. The van der Waals surface area contributed by atoms with Gasteiger partial charge in [0.25, 0.3) is 0 Å². The fraction of sp³-hybridized carbons (Fsp3) is 0.429. The van der Waals surface area contributed by atoms with Gasteiger partial charge in [0.05, 0.1) is 0 Å². The van der Waals surface area contributed by atoms with Gasteiger partial charge in [0.15, 0.2) is 0 Å². The summed E-state index contributed by atoms with van der Waals surface area (Å²) in [5.41, 5.74) is 0. The highest BCUT2D eigenvalue weighted by Crippen LogP contribution is 2.20. The first-order valence-corrected chi connectivity index (χ1v) is 4.44. The van der Waals surface area contributed by atoms with Crippen molar-refractivity contribution in [1.29, 1.82) is 0 Å². The Bertz CT molecular complexity index is 149. The van der Waals surface area contributed by atoms with Gasteiger partial charge in [-0.15, -0.1) is 0 Å². The zero-order chi connectivity index (χ0) is 6.69. The predicted octanol–water partition coefficient (Wildman–Crippen LogP) is 2.85. The Hall–Kier alpha value is 0.140. The first kappa shape index (κ1) is 7.25. The van der Waals surface area contributed by atoms with E-state index in [4.69, 9.17) is 0 Å². The van der Waals surface area contributed by atoms with E-state index in [2.05, 4.69) is 28.7 Å². The first-order valence-electron chi connectivity index (χ1n) is 2.91. The molecule has 0 aromatic carbocycles. The molecule has 0 N–H and O–H groups in total. The third kappa shape index (κ3) is 2.08. The smallest absolute Gasteiger partial charge is 0.101 e. The topological polar surface area (TPSA) is 0 Å². The van der Waals surface area contributed by atoms with E-state index in [1.807, 2.05) is 0 Å². The van der Waals surface area contributed by atoms with Crippen LogP contribution in [0.2, 0.25) is 0 Å². The normalized spacial score (nSPS) is 26.0. The van der Waals surface area contributed by atoms with Crippen LogP contribution in [0.1, 0.15) is 6.42 Å². The molecule has 9 heavy (non-hydrogen) atoms. The van der Waals surface area contributed by atoms with Crippen LogP contribution in [0.3, 0.4) is 0 Å². The summed E-state index contributed by atoms with van der Waals surface area (Å²) in [5.74, 6) is 0.440. The maximum atomic E-state index is 12.4. The van der Waals surface area contributed by atoms with E-state index in [0.717, 1.165) is 4.43 Å². The zero-order valence-electron chi connectivity index (χ0n) is 4.98. The van der Waals surface area contributed by atoms with Crippen LogP contribution >= 0.6 is 22.6 Å². The predicted molar refractivity (Wildman–Crippen MR) is 45.3 cm³/mol. The van der Waals surface area contributed by atoms with Crippen LogP contribution in [-0.2, 0) is 0 Å². The minimum atomic E-state index is 0.0131. The van der Waals surface area contributed by atoms with Gasteiger partial charge in [-0.3, -0.25) is 0 Å². The van der Waals surface area contributed by atoms with Crippen LogP contribution in [0.4, 0.5) is 4.39 Å². The lowest BCUT2D eigenvalue weighted by molar-refractivity contribution is 0.541. The van der Waals surface area contributed by atoms with Gasteiger partial charge in [-0.25, -0.2) is 4.39 Å². The van der Waals surface area contributed by atoms with Crippen molar-refractivity contribution in [1.82, 2.24) is 0 Å². The van der Waals surface area contributed by atoms with Crippen LogP contribution in [0.25, 0.3) is 0 Å². The fourth-order valence-corrected chi connectivity index (χ4v) is 1.41. The van der Waals surface area contributed by atoms with Crippen molar-refractivity contribution in [2.24, 2.45) is 5.92 Å². The maximum Gasteiger partial charge on any atom is 0.101 e. The van der Waals surface area contributed by atoms with E-state index in [-0.39, 0.29) is 5.83 Å². The zero-order valence-corrected chi connectivity index (χ0v) is 7.14. The molecule has 0 radical (unpaired) electrons. The Morgan fingerprint density at radius 1 is 1.78 bits per heavy atom. The van der Waals surface area contributed by atoms with Gasteiger partial charge in [0.1, 0.15) is 5.83 Å². The van der Waals surface area contributed by atoms with Gasteiger partial charge in [0, 0.05) is 10.8 Å². The van der Waals surface area contributed by atoms with Crippen LogP contribution in [0.15, 0.2) is 24.1 Å². The molecule has 0 bridgehead atoms. The summed E-state index contributed by atoms with van der Waals surface area (Å²) in [5, 5.41) is 0. The monoisotopic (exact) mass is 238 g/mol. The summed E-state index contributed by atoms with van der Waals surface area (Å²) < 4.78 is 13.4. The summed E-state index contributed by atoms with van der Waals surface area (Å²) in [6.07, 6.45) is 5.97. The molecule has 1 atom stereocenters. The maximum absolute atomic E-state index is 12.4. The molecule has 0 saturated heterocycles. The molecule has 1 aliphatic rings. The summed E-state index contributed by atoms with van der Waals surface area (Å²) in [7, 11) is 0. The van der Waals surface area contributed by atoms with Crippen molar-refractivity contribution < 1.29 is 4.39 Å². The molecular formula is C7H8FI. The molecule has 1 unspecified atom stereocenters. The second-order valence-electron chi connectivity index (χ2n) is 2.12. The van der Waals surface area contributed by atoms with Gasteiger partial charge >= 0.3 is 0 Å². The van der Waals surface area contributed by atoms with Gasteiger partial charge in [-0.1, -0.05) is 34.7 Å². The highest BCUT2D eigenvalue weighted by atomic mass is 127. The summed E-state index contributed by atoms with van der Waals surface area (Å²) in [4.78, 5) is 0. The summed E-state index contributed by atoms with van der Waals surface area (Å²) in [6.45, 7) is 0. The molecule has 0 aromatic heterocycles. The largest absolute Gasteiger partial charge is 0.212 e. The second kappa shape index (κ2) is 3.34. The summed E-state index contributed by atoms with van der Waals surface area (Å²) in [6, 6.07) is 0. The third-order valence-electron chi connectivity index (χ3n) is 1.32. The average Bonchev–Trinajstić information content (AvgIpc) is 1.88. The Morgan fingerprint density at radius 3 is 3.00 bits per heavy atom. The van der Waals surface area contributed by atoms with Crippen molar-refractivity contribution in [3.8, 4) is 0 Å². The number of hydrogen-bond acceptors (Lipinski definition) is 0. The number of halogens is 2. The number of alkyl halides is 1. The van der Waals surface area contributed by atoms with E-state index in [1.165, 1.54) is 6.08 Å². The van der Waals surface area contributed by atoms with Crippen molar-refractivity contribution in [2.75, 3.05) is 4.43 Å². The lowest BCUT2D eigenvalue weighted by Crippen LogP contribution is -2.00. The van der Waals surface area contributed by atoms with Gasteiger partial charge in [0.2, 0.25) is 0 Å². The molecule has 0 saturated carbocycles. The van der Waals surface area contributed by atoms with Crippen molar-refractivity contribution in [3.05, 3.63) is 24.1 Å². The number of hydrogen-bond donors (Lipinski definition) is 0. The molecule has 2 heteroatoms. The van der Waals surface area contributed by atoms with E-state index in [9.17, 15) is 4.39 Å². The Kier molecular flexibility index (Phi) is 2.69. The molecule has 0 heterocycles. The molecular weight excluding hydrogens is 230 g/mol. The van der Waals surface area contributed by atoms with Crippen LogP contribution in [-0.4, -0.2) is 4.43 Å². The van der Waals surface area contributed by atoms with Gasteiger partial charge in [-0.2, -0.15) is 0 Å². The van der Waals surface area contributed by atoms with Crippen LogP contribution in [0, 0.1) is 5.92 Å². The van der Waals surface area contributed by atoms with Gasteiger partial charge in [-0.05, 0) is 12.0 Å². The highest BCUT2D eigenvalue weighted by molar-refractivity contribution is 14.1. The van der Waals surface area contributed by atoms with E-state index < -0.39 is 0 Å². The minimum Gasteiger partial charge on any atom is -0.212 e. The molecule has 50 valence electrons. The quantitative estimate of drug-likeness (QED) is 0.486. The summed E-state index contributed by atoms with van der Waals surface area (Å²) >= 11 is 2.27. The highest BCUT2D eigenvalue weighted by Gasteiger charge is 2.08. The molecule has 0 amide bonds. The van der Waals surface area contributed by atoms with Crippen LogP contribution < -0.4 is 0 Å². The minimum absolute atomic E-state index is 0.0131. The van der Waals surface area contributed by atoms with E-state index in [0.29, 0.717) is 12.3 Å². The van der Waals surface area contributed by atoms with Crippen LogP contribution in [0.5, 0.6) is 0 Å². The van der Waals surface area contributed by atoms with Crippen molar-refractivity contribution in [2.45, 2.75) is 6.42 Å². The molecule has 1 aliphatic carbocycles. The molecule has 0 fully saturated rings. The Labute approximate surface area is 68.0 Å². The van der Waals surface area contributed by atoms with Gasteiger partial charge < -0.3 is 0 Å². The Balaban J connectivity index is 2.51. The third-order valence-corrected chi connectivity index (χ3v) is 2.45. The van der Waals surface area contributed by atoms with Crippen molar-refractivity contribution >= 4 is 22.6 Å². The molecule has 0 aliphatic heterocycles.